The van der Waals surface area contributed by atoms with Crippen molar-refractivity contribution < 1.29 is 18.0 Å². The lowest BCUT2D eigenvalue weighted by molar-refractivity contribution is -0.137. The fourth-order valence-electron chi connectivity index (χ4n) is 3.35. The van der Waals surface area contributed by atoms with Gasteiger partial charge in [-0.1, -0.05) is 23.7 Å². The van der Waals surface area contributed by atoms with Crippen LogP contribution in [0, 0.1) is 6.92 Å². The van der Waals surface area contributed by atoms with Crippen LogP contribution in [0.15, 0.2) is 48.8 Å². The molecule has 12 heteroatoms. The topological polar surface area (TPSA) is 92.7 Å². The molecular formula is C24H20ClF3N6OS. The number of pyridine rings is 1. The molecule has 0 bridgehead atoms. The van der Waals surface area contributed by atoms with Gasteiger partial charge in [-0.25, -0.2) is 15.0 Å². The smallest absolute Gasteiger partial charge is 0.356 e. The van der Waals surface area contributed by atoms with Crippen LogP contribution in [-0.2, 0) is 17.4 Å². The summed E-state index contributed by atoms with van der Waals surface area (Å²) in [6.45, 7) is 3.79. The lowest BCUT2D eigenvalue weighted by Crippen LogP contribution is -2.22. The first-order valence-corrected chi connectivity index (χ1v) is 11.9. The molecule has 186 valence electrons. The quantitative estimate of drug-likeness (QED) is 0.300. The fourth-order valence-corrected chi connectivity index (χ4v) is 4.71. The first-order chi connectivity index (χ1) is 17.1. The maximum atomic E-state index is 12.9. The molecule has 0 aliphatic heterocycles. The van der Waals surface area contributed by atoms with Gasteiger partial charge in [0.15, 0.2) is 0 Å². The third kappa shape index (κ3) is 6.16. The SMILES string of the molecule is CC(=O)NCCc1cccc(Nc2nccc(-c3sc(-c4ncc(C(F)(F)F)cc4Cl)nc3C)n2)c1. The molecule has 0 spiro atoms. The van der Waals surface area contributed by atoms with E-state index < -0.39 is 11.7 Å². The zero-order valence-corrected chi connectivity index (χ0v) is 20.7. The average molecular weight is 533 g/mol. The van der Waals surface area contributed by atoms with Crippen LogP contribution >= 0.6 is 22.9 Å². The highest BCUT2D eigenvalue weighted by Crippen LogP contribution is 2.38. The Morgan fingerprint density at radius 2 is 1.94 bits per heavy atom. The van der Waals surface area contributed by atoms with Gasteiger partial charge < -0.3 is 10.6 Å². The molecule has 2 N–H and O–H groups in total. The number of aromatic nitrogens is 4. The lowest BCUT2D eigenvalue weighted by atomic mass is 10.1. The Labute approximate surface area is 213 Å². The average Bonchev–Trinajstić information content (AvgIpc) is 3.20. The minimum atomic E-state index is -4.53. The summed E-state index contributed by atoms with van der Waals surface area (Å²) in [6, 6.07) is 10.3. The van der Waals surface area contributed by atoms with Crippen molar-refractivity contribution in [3.05, 3.63) is 70.6 Å². The predicted molar refractivity (Wildman–Crippen MR) is 133 cm³/mol. The summed E-state index contributed by atoms with van der Waals surface area (Å²) in [5.74, 6) is 0.291. The summed E-state index contributed by atoms with van der Waals surface area (Å²) >= 11 is 7.33. The minimum Gasteiger partial charge on any atom is -0.356 e. The number of alkyl halides is 3. The maximum absolute atomic E-state index is 12.9. The summed E-state index contributed by atoms with van der Waals surface area (Å²) in [7, 11) is 0. The van der Waals surface area contributed by atoms with Gasteiger partial charge >= 0.3 is 6.18 Å². The molecule has 0 unspecified atom stereocenters. The zero-order valence-electron chi connectivity index (χ0n) is 19.2. The van der Waals surface area contributed by atoms with Crippen molar-refractivity contribution in [1.82, 2.24) is 25.3 Å². The highest BCUT2D eigenvalue weighted by atomic mass is 35.5. The van der Waals surface area contributed by atoms with Crippen molar-refractivity contribution in [2.45, 2.75) is 26.4 Å². The van der Waals surface area contributed by atoms with Crippen molar-refractivity contribution in [2.24, 2.45) is 0 Å². The van der Waals surface area contributed by atoms with E-state index in [1.807, 2.05) is 24.3 Å². The number of aryl methyl sites for hydroxylation is 1. The first-order valence-electron chi connectivity index (χ1n) is 10.7. The molecule has 0 saturated heterocycles. The molecule has 0 aliphatic rings. The third-order valence-corrected chi connectivity index (χ3v) is 6.50. The Morgan fingerprint density at radius 3 is 2.67 bits per heavy atom. The van der Waals surface area contributed by atoms with Gasteiger partial charge in [0.2, 0.25) is 11.9 Å². The van der Waals surface area contributed by atoms with E-state index in [0.29, 0.717) is 35.3 Å². The number of nitrogens with zero attached hydrogens (tertiary/aromatic N) is 4. The highest BCUT2D eigenvalue weighted by molar-refractivity contribution is 7.18. The largest absolute Gasteiger partial charge is 0.417 e. The monoisotopic (exact) mass is 532 g/mol. The standard InChI is InChI=1S/C24H20ClF3N6OS/c1-13-21(36-22(32-13)20-18(25)11-16(12-31-20)24(26,27)28)19-7-9-30-23(34-19)33-17-5-3-4-15(10-17)6-8-29-14(2)35/h3-5,7,9-12H,6,8H2,1-2H3,(H,29,35)(H,30,33,34). The van der Waals surface area contributed by atoms with Gasteiger partial charge in [-0.15, -0.1) is 11.3 Å². The predicted octanol–water partition coefficient (Wildman–Crippen LogP) is 6.06. The Morgan fingerprint density at radius 1 is 1.14 bits per heavy atom. The van der Waals surface area contributed by atoms with Crippen molar-refractivity contribution in [3.8, 4) is 21.3 Å². The highest BCUT2D eigenvalue weighted by Gasteiger charge is 2.32. The van der Waals surface area contributed by atoms with Gasteiger partial charge in [0.05, 0.1) is 26.9 Å². The summed E-state index contributed by atoms with van der Waals surface area (Å²) in [4.78, 5) is 29.0. The van der Waals surface area contributed by atoms with E-state index in [2.05, 4.69) is 30.6 Å². The van der Waals surface area contributed by atoms with E-state index in [0.717, 1.165) is 28.4 Å². The van der Waals surface area contributed by atoms with Gasteiger partial charge in [0.1, 0.15) is 10.7 Å². The number of anilines is 2. The van der Waals surface area contributed by atoms with Gasteiger partial charge in [0.25, 0.3) is 0 Å². The Bertz CT molecular complexity index is 1410. The minimum absolute atomic E-state index is 0.0765. The molecule has 0 fully saturated rings. The number of hydrogen-bond acceptors (Lipinski definition) is 7. The van der Waals surface area contributed by atoms with Crippen LogP contribution in [0.5, 0.6) is 0 Å². The zero-order chi connectivity index (χ0) is 25.9. The molecule has 4 rings (SSSR count). The number of nitrogens with one attached hydrogen (secondary N) is 2. The molecule has 0 atom stereocenters. The molecule has 7 nitrogen and oxygen atoms in total. The van der Waals surface area contributed by atoms with Crippen LogP contribution in [0.25, 0.3) is 21.3 Å². The van der Waals surface area contributed by atoms with Crippen LogP contribution < -0.4 is 10.6 Å². The van der Waals surface area contributed by atoms with Crippen LogP contribution in [-0.4, -0.2) is 32.4 Å². The van der Waals surface area contributed by atoms with Gasteiger partial charge in [-0.05, 0) is 43.2 Å². The number of rotatable bonds is 7. The summed E-state index contributed by atoms with van der Waals surface area (Å²) < 4.78 is 38.8. The van der Waals surface area contributed by atoms with E-state index in [-0.39, 0.29) is 16.6 Å². The fraction of sp³-hybridized carbons (Fsp3) is 0.208. The van der Waals surface area contributed by atoms with Crippen LogP contribution in [0.4, 0.5) is 24.8 Å². The molecule has 4 aromatic rings. The van der Waals surface area contributed by atoms with E-state index in [4.69, 9.17) is 11.6 Å². The van der Waals surface area contributed by atoms with Crippen LogP contribution in [0.3, 0.4) is 0 Å². The Hall–Kier alpha value is -3.57. The van der Waals surface area contributed by atoms with Gasteiger partial charge in [0, 0.05) is 31.5 Å². The summed E-state index contributed by atoms with van der Waals surface area (Å²) in [5, 5.41) is 6.20. The first kappa shape index (κ1) is 25.5. The molecular weight excluding hydrogens is 513 g/mol. The Kier molecular flexibility index (Phi) is 7.51. The Balaban J connectivity index is 1.55. The van der Waals surface area contributed by atoms with Crippen molar-refractivity contribution in [3.63, 3.8) is 0 Å². The lowest BCUT2D eigenvalue weighted by Gasteiger charge is -2.08. The van der Waals surface area contributed by atoms with Crippen LogP contribution in [0.2, 0.25) is 5.02 Å². The molecule has 1 aromatic carbocycles. The number of carbonyl (C=O) groups is 1. The normalized spacial score (nSPS) is 11.4. The molecule has 0 aliphatic carbocycles. The second-order valence-corrected chi connectivity index (χ2v) is 9.22. The number of hydrogen-bond donors (Lipinski definition) is 2. The van der Waals surface area contributed by atoms with Crippen molar-refractivity contribution >= 4 is 40.5 Å². The van der Waals surface area contributed by atoms with E-state index in [1.165, 1.54) is 18.3 Å². The third-order valence-electron chi connectivity index (χ3n) is 5.03. The molecule has 3 aromatic heterocycles. The number of thiazole rings is 1. The van der Waals surface area contributed by atoms with Gasteiger partial charge in [-0.2, -0.15) is 13.2 Å². The summed E-state index contributed by atoms with van der Waals surface area (Å²) in [5.41, 5.74) is 2.31. The molecule has 0 radical (unpaired) electrons. The molecule has 36 heavy (non-hydrogen) atoms. The maximum Gasteiger partial charge on any atom is 0.417 e. The number of benzene rings is 1. The van der Waals surface area contributed by atoms with Gasteiger partial charge in [-0.3, -0.25) is 9.78 Å². The number of carbonyl (C=O) groups excluding carboxylic acids is 1. The second kappa shape index (κ2) is 10.6. The van der Waals surface area contributed by atoms with E-state index >= 15 is 0 Å². The summed E-state index contributed by atoms with van der Waals surface area (Å²) in [6.07, 6.45) is -1.50. The molecule has 1 amide bonds. The van der Waals surface area contributed by atoms with Crippen molar-refractivity contribution in [1.29, 1.82) is 0 Å². The van der Waals surface area contributed by atoms with Crippen LogP contribution in [0.1, 0.15) is 23.7 Å². The van der Waals surface area contributed by atoms with E-state index in [9.17, 15) is 18.0 Å². The number of halogens is 4. The second-order valence-electron chi connectivity index (χ2n) is 7.81. The van der Waals surface area contributed by atoms with Crippen molar-refractivity contribution in [2.75, 3.05) is 11.9 Å². The molecule has 3 heterocycles. The molecule has 0 saturated carbocycles. The van der Waals surface area contributed by atoms with E-state index in [1.54, 1.807) is 19.2 Å². The number of amides is 1.